The second-order valence-corrected chi connectivity index (χ2v) is 5.75. The van der Waals surface area contributed by atoms with E-state index in [1.165, 1.54) is 11.3 Å². The number of likely N-dealkylation sites (N-methyl/N-ethyl adjacent to an activating group) is 1. The molecule has 0 aliphatic carbocycles. The van der Waals surface area contributed by atoms with Crippen molar-refractivity contribution >= 4 is 11.0 Å². The van der Waals surface area contributed by atoms with Crippen LogP contribution >= 0.6 is 0 Å². The Balaban J connectivity index is 1.87. The zero-order valence-electron chi connectivity index (χ0n) is 13.0. The van der Waals surface area contributed by atoms with Crippen molar-refractivity contribution in [1.29, 1.82) is 0 Å². The van der Waals surface area contributed by atoms with Gasteiger partial charge in [0.15, 0.2) is 0 Å². The van der Waals surface area contributed by atoms with E-state index in [9.17, 15) is 0 Å². The third-order valence-corrected chi connectivity index (χ3v) is 4.45. The highest BCUT2D eigenvalue weighted by molar-refractivity contribution is 5.75. The number of nitrogens with zero attached hydrogens (tertiary/aromatic N) is 2. The van der Waals surface area contributed by atoms with Gasteiger partial charge in [-0.3, -0.25) is 0 Å². The predicted molar refractivity (Wildman–Crippen MR) is 85.5 cm³/mol. The summed E-state index contributed by atoms with van der Waals surface area (Å²) in [7, 11) is 0. The van der Waals surface area contributed by atoms with E-state index in [1.54, 1.807) is 0 Å². The Morgan fingerprint density at radius 2 is 2.24 bits per heavy atom. The van der Waals surface area contributed by atoms with E-state index in [4.69, 9.17) is 9.72 Å². The lowest BCUT2D eigenvalue weighted by Crippen LogP contribution is -2.39. The molecule has 1 aliphatic heterocycles. The third-order valence-electron chi connectivity index (χ3n) is 4.45. The minimum atomic E-state index is 0.458. The highest BCUT2D eigenvalue weighted by atomic mass is 16.5. The smallest absolute Gasteiger partial charge is 0.111 e. The first-order chi connectivity index (χ1) is 10.3. The summed E-state index contributed by atoms with van der Waals surface area (Å²) >= 11 is 0. The second-order valence-electron chi connectivity index (χ2n) is 5.75. The van der Waals surface area contributed by atoms with Gasteiger partial charge in [-0.1, -0.05) is 19.1 Å². The number of fused-ring (bicyclic) bond motifs is 1. The van der Waals surface area contributed by atoms with E-state index in [2.05, 4.69) is 48.0 Å². The molecular weight excluding hydrogens is 262 g/mol. The summed E-state index contributed by atoms with van der Waals surface area (Å²) in [4.78, 5) is 4.86. The summed E-state index contributed by atoms with van der Waals surface area (Å²) in [5.41, 5.74) is 2.35. The van der Waals surface area contributed by atoms with Crippen molar-refractivity contribution < 1.29 is 4.74 Å². The number of rotatable bonds is 6. The number of aromatic nitrogens is 2. The third kappa shape index (κ3) is 2.97. The molecule has 2 heterocycles. The molecule has 2 unspecified atom stereocenters. The Morgan fingerprint density at radius 1 is 1.38 bits per heavy atom. The van der Waals surface area contributed by atoms with Crippen LogP contribution in [0.1, 0.15) is 26.1 Å². The van der Waals surface area contributed by atoms with Crippen LogP contribution in [0.25, 0.3) is 11.0 Å². The van der Waals surface area contributed by atoms with Crippen LogP contribution < -0.4 is 5.32 Å². The first-order valence-corrected chi connectivity index (χ1v) is 8.08. The fourth-order valence-electron chi connectivity index (χ4n) is 3.37. The first-order valence-electron chi connectivity index (χ1n) is 8.08. The summed E-state index contributed by atoms with van der Waals surface area (Å²) in [6, 6.07) is 8.88. The number of aryl methyl sites for hydroxylation is 1. The Morgan fingerprint density at radius 3 is 2.95 bits per heavy atom. The summed E-state index contributed by atoms with van der Waals surface area (Å²) in [6.45, 7) is 8.11. The van der Waals surface area contributed by atoms with Crippen LogP contribution in [0.4, 0.5) is 0 Å². The molecule has 0 radical (unpaired) electrons. The molecule has 1 aliphatic rings. The highest BCUT2D eigenvalue weighted by Crippen LogP contribution is 2.22. The number of nitrogens with one attached hydrogen (secondary N) is 1. The second kappa shape index (κ2) is 6.58. The number of hydrogen-bond acceptors (Lipinski definition) is 3. The number of hydrogen-bond donors (Lipinski definition) is 1. The number of benzene rings is 1. The van der Waals surface area contributed by atoms with Gasteiger partial charge in [0.05, 0.1) is 17.6 Å². The van der Waals surface area contributed by atoms with Crippen LogP contribution in [0, 0.1) is 5.92 Å². The molecule has 1 saturated heterocycles. The van der Waals surface area contributed by atoms with Crippen molar-refractivity contribution in [1.82, 2.24) is 14.9 Å². The van der Waals surface area contributed by atoms with E-state index in [0.717, 1.165) is 44.7 Å². The molecule has 21 heavy (non-hydrogen) atoms. The molecule has 2 aromatic rings. The van der Waals surface area contributed by atoms with E-state index in [-0.39, 0.29) is 0 Å². The first kappa shape index (κ1) is 14.5. The van der Waals surface area contributed by atoms with Gasteiger partial charge in [0, 0.05) is 31.5 Å². The van der Waals surface area contributed by atoms with Gasteiger partial charge in [-0.15, -0.1) is 0 Å². The van der Waals surface area contributed by atoms with Gasteiger partial charge >= 0.3 is 0 Å². The van der Waals surface area contributed by atoms with Crippen LogP contribution in [-0.4, -0.2) is 35.4 Å². The lowest BCUT2D eigenvalue weighted by atomic mass is 9.96. The molecule has 4 nitrogen and oxygen atoms in total. The van der Waals surface area contributed by atoms with Crippen LogP contribution in [0.5, 0.6) is 0 Å². The molecule has 1 fully saturated rings. The van der Waals surface area contributed by atoms with Gasteiger partial charge in [0.2, 0.25) is 0 Å². The molecule has 0 spiro atoms. The average Bonchev–Trinajstić information content (AvgIpc) is 3.14. The molecular formula is C17H25N3O. The molecule has 1 aromatic heterocycles. The topological polar surface area (TPSA) is 39.1 Å². The summed E-state index contributed by atoms with van der Waals surface area (Å²) < 4.78 is 7.91. The van der Waals surface area contributed by atoms with Crippen molar-refractivity contribution in [3.63, 3.8) is 0 Å². The quantitative estimate of drug-likeness (QED) is 0.887. The fourth-order valence-corrected chi connectivity index (χ4v) is 3.37. The van der Waals surface area contributed by atoms with E-state index in [1.807, 2.05) is 0 Å². The molecule has 1 N–H and O–H groups in total. The van der Waals surface area contributed by atoms with Crippen molar-refractivity contribution in [2.75, 3.05) is 19.8 Å². The summed E-state index contributed by atoms with van der Waals surface area (Å²) in [6.07, 6.45) is 2.13. The fraction of sp³-hybridized carbons (Fsp3) is 0.588. The van der Waals surface area contributed by atoms with Gasteiger partial charge < -0.3 is 14.6 Å². The molecule has 0 bridgehead atoms. The van der Waals surface area contributed by atoms with Crippen molar-refractivity contribution in [3.8, 4) is 0 Å². The van der Waals surface area contributed by atoms with Crippen molar-refractivity contribution in [2.24, 2.45) is 5.92 Å². The maximum Gasteiger partial charge on any atom is 0.111 e. The summed E-state index contributed by atoms with van der Waals surface area (Å²) in [5, 5.41) is 3.64. The van der Waals surface area contributed by atoms with Gasteiger partial charge in [-0.2, -0.15) is 0 Å². The van der Waals surface area contributed by atoms with Crippen LogP contribution in [0.3, 0.4) is 0 Å². The Labute approximate surface area is 126 Å². The Hall–Kier alpha value is -1.39. The normalized spacial score (nSPS) is 20.2. The molecule has 0 amide bonds. The van der Waals surface area contributed by atoms with Crippen molar-refractivity contribution in [3.05, 3.63) is 30.1 Å². The molecule has 1 aromatic carbocycles. The van der Waals surface area contributed by atoms with Crippen LogP contribution in [0.15, 0.2) is 24.3 Å². The van der Waals surface area contributed by atoms with E-state index < -0.39 is 0 Å². The Kier molecular flexibility index (Phi) is 4.56. The SMILES string of the molecule is CCNC(Cc1nc2ccccc2n1CC)C1CCOC1. The number of ether oxygens (including phenoxy) is 1. The van der Waals surface area contributed by atoms with Gasteiger partial charge in [-0.25, -0.2) is 4.98 Å². The standard InChI is InChI=1S/C17H25N3O/c1-3-18-15(13-9-10-21-12-13)11-17-19-14-7-5-6-8-16(14)20(17)4-2/h5-8,13,15,18H,3-4,9-12H2,1-2H3. The molecule has 2 atom stereocenters. The Bertz CT molecular complexity index is 587. The highest BCUT2D eigenvalue weighted by Gasteiger charge is 2.26. The number of imidazole rings is 1. The van der Waals surface area contributed by atoms with Gasteiger partial charge in [0.25, 0.3) is 0 Å². The maximum atomic E-state index is 5.57. The van der Waals surface area contributed by atoms with Gasteiger partial charge in [0.1, 0.15) is 5.82 Å². The zero-order chi connectivity index (χ0) is 14.7. The van der Waals surface area contributed by atoms with Crippen LogP contribution in [-0.2, 0) is 17.7 Å². The monoisotopic (exact) mass is 287 g/mol. The average molecular weight is 287 g/mol. The predicted octanol–water partition coefficient (Wildman–Crippen LogP) is 2.61. The van der Waals surface area contributed by atoms with E-state index >= 15 is 0 Å². The minimum Gasteiger partial charge on any atom is -0.381 e. The molecule has 3 rings (SSSR count). The molecule has 4 heteroatoms. The minimum absolute atomic E-state index is 0.458. The zero-order valence-corrected chi connectivity index (χ0v) is 13.0. The van der Waals surface area contributed by atoms with Crippen LogP contribution in [0.2, 0.25) is 0 Å². The molecule has 0 saturated carbocycles. The largest absolute Gasteiger partial charge is 0.381 e. The van der Waals surface area contributed by atoms with E-state index in [0.29, 0.717) is 12.0 Å². The lowest BCUT2D eigenvalue weighted by molar-refractivity contribution is 0.176. The maximum absolute atomic E-state index is 5.57. The molecule has 114 valence electrons. The number of para-hydroxylation sites is 2. The van der Waals surface area contributed by atoms with Gasteiger partial charge in [-0.05, 0) is 32.0 Å². The van der Waals surface area contributed by atoms with Crippen molar-refractivity contribution in [2.45, 2.75) is 39.3 Å². The summed E-state index contributed by atoms with van der Waals surface area (Å²) in [5.74, 6) is 1.80. The lowest BCUT2D eigenvalue weighted by Gasteiger charge is -2.23.